The molecule has 0 saturated carbocycles. The van der Waals surface area contributed by atoms with E-state index in [-0.39, 0.29) is 11.5 Å². The summed E-state index contributed by atoms with van der Waals surface area (Å²) in [6, 6.07) is 23.3. The SMILES string of the molecule is CON=CC(=NNc1ccc(C)c(C)c1)C(=O)c1ccc(-c2ccccc2)cc1. The van der Waals surface area contributed by atoms with Crippen LogP contribution >= 0.6 is 0 Å². The van der Waals surface area contributed by atoms with Gasteiger partial charge in [-0.2, -0.15) is 5.10 Å². The number of anilines is 1. The second-order valence-electron chi connectivity index (χ2n) is 6.60. The van der Waals surface area contributed by atoms with Crippen LogP contribution in [0, 0.1) is 13.8 Å². The maximum atomic E-state index is 12.9. The number of benzene rings is 3. The summed E-state index contributed by atoms with van der Waals surface area (Å²) in [6.07, 6.45) is 1.31. The number of nitrogens with zero attached hydrogens (tertiary/aromatic N) is 2. The molecule has 0 amide bonds. The number of ketones is 1. The Morgan fingerprint density at radius 3 is 2.24 bits per heavy atom. The maximum absolute atomic E-state index is 12.9. The number of Topliss-reactive ketones (excluding diaryl/α,β-unsaturated/α-hetero) is 1. The zero-order valence-electron chi connectivity index (χ0n) is 16.7. The average molecular weight is 385 g/mol. The molecule has 146 valence electrons. The van der Waals surface area contributed by atoms with Crippen molar-refractivity contribution < 1.29 is 9.63 Å². The molecule has 0 aliphatic heterocycles. The molecule has 5 nitrogen and oxygen atoms in total. The van der Waals surface area contributed by atoms with Gasteiger partial charge in [-0.1, -0.05) is 65.8 Å². The van der Waals surface area contributed by atoms with Crippen molar-refractivity contribution in [2.24, 2.45) is 10.3 Å². The lowest BCUT2D eigenvalue weighted by atomic mass is 10.0. The van der Waals surface area contributed by atoms with Gasteiger partial charge in [-0.05, 0) is 48.2 Å². The number of nitrogens with one attached hydrogen (secondary N) is 1. The number of hydrogen-bond donors (Lipinski definition) is 1. The summed E-state index contributed by atoms with van der Waals surface area (Å²) in [6.45, 7) is 4.07. The van der Waals surface area contributed by atoms with Gasteiger partial charge in [-0.15, -0.1) is 0 Å². The maximum Gasteiger partial charge on any atom is 0.214 e. The third-order valence-electron chi connectivity index (χ3n) is 4.58. The molecule has 0 aliphatic carbocycles. The molecule has 3 aromatic carbocycles. The highest BCUT2D eigenvalue weighted by Crippen LogP contribution is 2.19. The van der Waals surface area contributed by atoms with Crippen molar-refractivity contribution in [3.8, 4) is 11.1 Å². The molecule has 0 atom stereocenters. The third kappa shape index (κ3) is 5.17. The molecular weight excluding hydrogens is 362 g/mol. The number of aryl methyl sites for hydroxylation is 2. The summed E-state index contributed by atoms with van der Waals surface area (Å²) in [5.74, 6) is -0.248. The Bertz CT molecular complexity index is 1040. The van der Waals surface area contributed by atoms with Gasteiger partial charge < -0.3 is 4.84 Å². The first-order valence-corrected chi connectivity index (χ1v) is 9.26. The molecular formula is C24H23N3O2. The van der Waals surface area contributed by atoms with Crippen LogP contribution in [0.25, 0.3) is 11.1 Å². The van der Waals surface area contributed by atoms with Gasteiger partial charge in [0.05, 0.1) is 11.9 Å². The van der Waals surface area contributed by atoms with Gasteiger partial charge in [-0.3, -0.25) is 10.2 Å². The minimum absolute atomic E-state index is 0.150. The number of rotatable bonds is 7. The fourth-order valence-corrected chi connectivity index (χ4v) is 2.77. The highest BCUT2D eigenvalue weighted by molar-refractivity contribution is 6.64. The van der Waals surface area contributed by atoms with Crippen LogP contribution in [0.15, 0.2) is 83.1 Å². The van der Waals surface area contributed by atoms with Crippen LogP contribution in [0.4, 0.5) is 5.69 Å². The van der Waals surface area contributed by atoms with Gasteiger partial charge in [0.1, 0.15) is 7.11 Å². The Balaban J connectivity index is 1.83. The molecule has 5 heteroatoms. The topological polar surface area (TPSA) is 63.1 Å². The van der Waals surface area contributed by atoms with E-state index in [1.165, 1.54) is 18.9 Å². The number of hydrazone groups is 1. The van der Waals surface area contributed by atoms with Crippen LogP contribution in [0.2, 0.25) is 0 Å². The Hall–Kier alpha value is -3.73. The summed E-state index contributed by atoms with van der Waals surface area (Å²) in [4.78, 5) is 17.7. The highest BCUT2D eigenvalue weighted by Gasteiger charge is 2.13. The lowest BCUT2D eigenvalue weighted by Gasteiger charge is -2.07. The van der Waals surface area contributed by atoms with Crippen LogP contribution in [-0.2, 0) is 4.84 Å². The predicted octanol–water partition coefficient (Wildman–Crippen LogP) is 5.25. The van der Waals surface area contributed by atoms with E-state index in [9.17, 15) is 4.79 Å². The molecule has 1 N–H and O–H groups in total. The molecule has 0 spiro atoms. The monoisotopic (exact) mass is 385 g/mol. The zero-order chi connectivity index (χ0) is 20.6. The number of hydrogen-bond acceptors (Lipinski definition) is 5. The Kier molecular flexibility index (Phi) is 6.53. The van der Waals surface area contributed by atoms with Crippen molar-refractivity contribution in [1.29, 1.82) is 0 Å². The van der Waals surface area contributed by atoms with Crippen LogP contribution in [-0.4, -0.2) is 24.8 Å². The van der Waals surface area contributed by atoms with Crippen molar-refractivity contribution in [3.05, 3.63) is 89.5 Å². The number of carbonyl (C=O) groups excluding carboxylic acids is 1. The number of carbonyl (C=O) groups is 1. The van der Waals surface area contributed by atoms with E-state index in [0.717, 1.165) is 22.4 Å². The molecule has 0 aliphatic rings. The Labute approximate surface area is 170 Å². The van der Waals surface area contributed by atoms with E-state index in [1.807, 2.05) is 74.5 Å². The Morgan fingerprint density at radius 2 is 1.59 bits per heavy atom. The summed E-state index contributed by atoms with van der Waals surface area (Å²) >= 11 is 0. The molecule has 3 rings (SSSR count). The fraction of sp³-hybridized carbons (Fsp3) is 0.125. The first-order chi connectivity index (χ1) is 14.1. The van der Waals surface area contributed by atoms with E-state index in [0.29, 0.717) is 5.56 Å². The quantitative estimate of drug-likeness (QED) is 0.343. The van der Waals surface area contributed by atoms with Crippen molar-refractivity contribution in [2.45, 2.75) is 13.8 Å². The van der Waals surface area contributed by atoms with Crippen LogP contribution in [0.3, 0.4) is 0 Å². The lowest BCUT2D eigenvalue weighted by Crippen LogP contribution is -2.18. The van der Waals surface area contributed by atoms with Gasteiger partial charge in [-0.25, -0.2) is 0 Å². The first-order valence-electron chi connectivity index (χ1n) is 9.26. The standard InChI is InChI=1S/C24H23N3O2/c1-17-9-14-22(15-18(17)2)26-27-23(16-25-29-3)24(28)21-12-10-20(11-13-21)19-7-5-4-6-8-19/h4-16,26H,1-3H3. The molecule has 0 radical (unpaired) electrons. The lowest BCUT2D eigenvalue weighted by molar-refractivity contribution is 0.106. The van der Waals surface area contributed by atoms with Crippen LogP contribution in [0.1, 0.15) is 21.5 Å². The fourth-order valence-electron chi connectivity index (χ4n) is 2.77. The molecule has 0 saturated heterocycles. The summed E-state index contributed by atoms with van der Waals surface area (Å²) in [5, 5.41) is 7.96. The minimum atomic E-state index is -0.248. The first kappa shape index (κ1) is 20.0. The predicted molar refractivity (Wildman–Crippen MR) is 119 cm³/mol. The van der Waals surface area contributed by atoms with E-state index in [2.05, 4.69) is 15.7 Å². The second kappa shape index (κ2) is 9.46. The molecule has 0 fully saturated rings. The summed E-state index contributed by atoms with van der Waals surface area (Å²) < 4.78 is 0. The van der Waals surface area contributed by atoms with E-state index < -0.39 is 0 Å². The zero-order valence-corrected chi connectivity index (χ0v) is 16.7. The van der Waals surface area contributed by atoms with Crippen molar-refractivity contribution in [2.75, 3.05) is 12.5 Å². The smallest absolute Gasteiger partial charge is 0.214 e. The van der Waals surface area contributed by atoms with Crippen molar-refractivity contribution in [1.82, 2.24) is 0 Å². The molecule has 0 bridgehead atoms. The average Bonchev–Trinajstić information content (AvgIpc) is 2.76. The second-order valence-corrected chi connectivity index (χ2v) is 6.60. The minimum Gasteiger partial charge on any atom is -0.399 e. The van der Waals surface area contributed by atoms with Gasteiger partial charge in [0.2, 0.25) is 5.78 Å². The molecule has 0 heterocycles. The third-order valence-corrected chi connectivity index (χ3v) is 4.58. The normalized spacial score (nSPS) is 11.5. The van der Waals surface area contributed by atoms with Crippen molar-refractivity contribution >= 4 is 23.4 Å². The van der Waals surface area contributed by atoms with Gasteiger partial charge in [0.25, 0.3) is 0 Å². The van der Waals surface area contributed by atoms with E-state index >= 15 is 0 Å². The Morgan fingerprint density at radius 1 is 0.897 bits per heavy atom. The molecule has 0 aromatic heterocycles. The van der Waals surface area contributed by atoms with Gasteiger partial charge >= 0.3 is 0 Å². The molecule has 0 unspecified atom stereocenters. The van der Waals surface area contributed by atoms with E-state index in [1.54, 1.807) is 12.1 Å². The largest absolute Gasteiger partial charge is 0.399 e. The van der Waals surface area contributed by atoms with Crippen LogP contribution < -0.4 is 5.43 Å². The van der Waals surface area contributed by atoms with Crippen LogP contribution in [0.5, 0.6) is 0 Å². The number of oxime groups is 1. The van der Waals surface area contributed by atoms with E-state index in [4.69, 9.17) is 4.84 Å². The molecule has 3 aromatic rings. The summed E-state index contributed by atoms with van der Waals surface area (Å²) in [5.41, 5.74) is 8.86. The van der Waals surface area contributed by atoms with Gasteiger partial charge in [0.15, 0.2) is 5.71 Å². The highest BCUT2D eigenvalue weighted by atomic mass is 16.6. The summed E-state index contributed by atoms with van der Waals surface area (Å²) in [7, 11) is 1.42. The van der Waals surface area contributed by atoms with Crippen molar-refractivity contribution in [3.63, 3.8) is 0 Å². The van der Waals surface area contributed by atoms with Gasteiger partial charge in [0, 0.05) is 5.56 Å². The molecule has 29 heavy (non-hydrogen) atoms.